The molecule has 1 N–H and O–H groups in total. The summed E-state index contributed by atoms with van der Waals surface area (Å²) >= 11 is 1.99. The predicted molar refractivity (Wildman–Crippen MR) is 82.7 cm³/mol. The Morgan fingerprint density at radius 3 is 2.58 bits per heavy atom. The van der Waals surface area contributed by atoms with Crippen LogP contribution >= 0.6 is 11.8 Å². The molecule has 1 nitrogen and oxygen atoms in total. The van der Waals surface area contributed by atoms with Gasteiger partial charge in [-0.15, -0.1) is 11.8 Å². The third-order valence-corrected chi connectivity index (χ3v) is 4.92. The second kappa shape index (κ2) is 5.81. The summed E-state index contributed by atoms with van der Waals surface area (Å²) in [7, 11) is 0. The summed E-state index contributed by atoms with van der Waals surface area (Å²) in [6, 6.07) is 20.0. The van der Waals surface area contributed by atoms with Crippen LogP contribution in [0.1, 0.15) is 24.1 Å². The lowest BCUT2D eigenvalue weighted by Gasteiger charge is -2.21. The van der Waals surface area contributed by atoms with Crippen LogP contribution in [-0.4, -0.2) is 11.8 Å². The molecule has 0 amide bonds. The van der Waals surface area contributed by atoms with Crippen molar-refractivity contribution in [1.29, 1.82) is 0 Å². The molecule has 98 valence electrons. The monoisotopic (exact) mass is 269 g/mol. The van der Waals surface area contributed by atoms with Crippen LogP contribution in [0, 0.1) is 0 Å². The zero-order valence-electron chi connectivity index (χ0n) is 11.2. The topological polar surface area (TPSA) is 12.0 Å². The fraction of sp³-hybridized carbons (Fsp3) is 0.294. The average molecular weight is 269 g/mol. The number of fused-ring (bicyclic) bond motifs is 1. The van der Waals surface area contributed by atoms with Crippen molar-refractivity contribution in [2.45, 2.75) is 29.5 Å². The third kappa shape index (κ3) is 2.70. The standard InChI is InChI=1S/C17H19NS/c1-2-18-17-15-11-7-6-8-13(15)12-16(17)19-14-9-4-3-5-10-14/h3-11,16-18H,2,12H2,1H3. The van der Waals surface area contributed by atoms with Crippen molar-refractivity contribution in [1.82, 2.24) is 5.32 Å². The Morgan fingerprint density at radius 2 is 1.79 bits per heavy atom. The molecular formula is C17H19NS. The summed E-state index contributed by atoms with van der Waals surface area (Å²) in [4.78, 5) is 1.36. The van der Waals surface area contributed by atoms with Crippen molar-refractivity contribution < 1.29 is 0 Å². The van der Waals surface area contributed by atoms with Gasteiger partial charge in [0.2, 0.25) is 0 Å². The first-order valence-corrected chi connectivity index (χ1v) is 7.79. The first kappa shape index (κ1) is 12.8. The highest BCUT2D eigenvalue weighted by Gasteiger charge is 2.32. The Labute approximate surface area is 119 Å². The molecule has 2 heteroatoms. The molecule has 0 bridgehead atoms. The first-order chi connectivity index (χ1) is 9.38. The molecule has 0 aliphatic heterocycles. The van der Waals surface area contributed by atoms with E-state index in [4.69, 9.17) is 0 Å². The maximum Gasteiger partial charge on any atom is 0.0450 e. The minimum Gasteiger partial charge on any atom is -0.309 e. The number of hydrogen-bond acceptors (Lipinski definition) is 2. The maximum absolute atomic E-state index is 3.65. The van der Waals surface area contributed by atoms with Gasteiger partial charge >= 0.3 is 0 Å². The quantitative estimate of drug-likeness (QED) is 0.898. The van der Waals surface area contributed by atoms with Crippen molar-refractivity contribution in [2.75, 3.05) is 6.54 Å². The Bertz CT molecular complexity index is 538. The van der Waals surface area contributed by atoms with Crippen molar-refractivity contribution in [2.24, 2.45) is 0 Å². The SMILES string of the molecule is CCNC1c2ccccc2CC1Sc1ccccc1. The molecule has 0 aromatic heterocycles. The second-order valence-corrected chi connectivity index (χ2v) is 6.22. The van der Waals surface area contributed by atoms with Gasteiger partial charge in [0.05, 0.1) is 0 Å². The van der Waals surface area contributed by atoms with E-state index in [1.54, 1.807) is 0 Å². The molecule has 0 heterocycles. The fourth-order valence-electron chi connectivity index (χ4n) is 2.80. The Hall–Kier alpha value is -1.25. The highest BCUT2D eigenvalue weighted by molar-refractivity contribution is 8.00. The normalized spacial score (nSPS) is 21.3. The van der Waals surface area contributed by atoms with Crippen molar-refractivity contribution in [3.63, 3.8) is 0 Å². The van der Waals surface area contributed by atoms with Crippen molar-refractivity contribution >= 4 is 11.8 Å². The molecule has 0 radical (unpaired) electrons. The third-order valence-electron chi connectivity index (χ3n) is 3.64. The van der Waals surface area contributed by atoms with Gasteiger partial charge in [-0.05, 0) is 36.2 Å². The van der Waals surface area contributed by atoms with Gasteiger partial charge in [-0.3, -0.25) is 0 Å². The van der Waals surface area contributed by atoms with Gasteiger partial charge in [-0.1, -0.05) is 49.4 Å². The van der Waals surface area contributed by atoms with Gasteiger partial charge in [-0.2, -0.15) is 0 Å². The fourth-order valence-corrected chi connectivity index (χ4v) is 4.11. The van der Waals surface area contributed by atoms with Gasteiger partial charge in [0, 0.05) is 16.2 Å². The maximum atomic E-state index is 3.65. The summed E-state index contributed by atoms with van der Waals surface area (Å²) < 4.78 is 0. The summed E-state index contributed by atoms with van der Waals surface area (Å²) in [5.74, 6) is 0. The summed E-state index contributed by atoms with van der Waals surface area (Å²) in [6.45, 7) is 3.20. The Balaban J connectivity index is 1.83. The van der Waals surface area contributed by atoms with Crippen LogP contribution in [0.2, 0.25) is 0 Å². The molecule has 0 saturated heterocycles. The van der Waals surface area contributed by atoms with Gasteiger partial charge in [0.15, 0.2) is 0 Å². The van der Waals surface area contributed by atoms with Crippen LogP contribution in [0.25, 0.3) is 0 Å². The number of nitrogens with one attached hydrogen (secondary N) is 1. The summed E-state index contributed by atoms with van der Waals surface area (Å²) in [5, 5.41) is 4.25. The second-order valence-electron chi connectivity index (χ2n) is 4.91. The Morgan fingerprint density at radius 1 is 1.05 bits per heavy atom. The molecule has 19 heavy (non-hydrogen) atoms. The lowest BCUT2D eigenvalue weighted by Crippen LogP contribution is -2.26. The van der Waals surface area contributed by atoms with Crippen LogP contribution < -0.4 is 5.32 Å². The van der Waals surface area contributed by atoms with Crippen LogP contribution in [0.5, 0.6) is 0 Å². The minimum atomic E-state index is 0.478. The largest absolute Gasteiger partial charge is 0.309 e. The molecule has 0 saturated carbocycles. The smallest absolute Gasteiger partial charge is 0.0450 e. The zero-order chi connectivity index (χ0) is 13.1. The first-order valence-electron chi connectivity index (χ1n) is 6.91. The van der Waals surface area contributed by atoms with Crippen LogP contribution in [-0.2, 0) is 6.42 Å². The molecule has 2 aromatic rings. The molecular weight excluding hydrogens is 250 g/mol. The van der Waals surface area contributed by atoms with E-state index in [9.17, 15) is 0 Å². The molecule has 2 aromatic carbocycles. The van der Waals surface area contributed by atoms with Gasteiger partial charge in [-0.25, -0.2) is 0 Å². The highest BCUT2D eigenvalue weighted by Crippen LogP contribution is 2.41. The number of rotatable bonds is 4. The van der Waals surface area contributed by atoms with E-state index >= 15 is 0 Å². The molecule has 1 aliphatic carbocycles. The van der Waals surface area contributed by atoms with E-state index in [-0.39, 0.29) is 0 Å². The van der Waals surface area contributed by atoms with E-state index in [1.807, 2.05) is 11.8 Å². The van der Waals surface area contributed by atoms with Crippen molar-refractivity contribution in [3.8, 4) is 0 Å². The molecule has 0 spiro atoms. The summed E-state index contributed by atoms with van der Waals surface area (Å²) in [5.41, 5.74) is 2.99. The molecule has 2 unspecified atom stereocenters. The number of thioether (sulfide) groups is 1. The molecule has 2 atom stereocenters. The average Bonchev–Trinajstić information content (AvgIpc) is 2.79. The lowest BCUT2D eigenvalue weighted by atomic mass is 10.1. The van der Waals surface area contributed by atoms with Gasteiger partial charge < -0.3 is 5.32 Å². The van der Waals surface area contributed by atoms with Crippen LogP contribution in [0.15, 0.2) is 59.5 Å². The van der Waals surface area contributed by atoms with E-state index in [2.05, 4.69) is 66.8 Å². The Kier molecular flexibility index (Phi) is 3.90. The van der Waals surface area contributed by atoms with Crippen LogP contribution in [0.4, 0.5) is 0 Å². The van der Waals surface area contributed by atoms with Gasteiger partial charge in [0.1, 0.15) is 0 Å². The lowest BCUT2D eigenvalue weighted by molar-refractivity contribution is 0.560. The highest BCUT2D eigenvalue weighted by atomic mass is 32.2. The van der Waals surface area contributed by atoms with E-state index in [1.165, 1.54) is 16.0 Å². The number of hydrogen-bond donors (Lipinski definition) is 1. The molecule has 1 aliphatic rings. The molecule has 3 rings (SSSR count). The zero-order valence-corrected chi connectivity index (χ0v) is 12.0. The van der Waals surface area contributed by atoms with Gasteiger partial charge in [0.25, 0.3) is 0 Å². The van der Waals surface area contributed by atoms with Crippen molar-refractivity contribution in [3.05, 3.63) is 65.7 Å². The van der Waals surface area contributed by atoms with E-state index in [0.29, 0.717) is 11.3 Å². The van der Waals surface area contributed by atoms with E-state index < -0.39 is 0 Å². The van der Waals surface area contributed by atoms with Crippen LogP contribution in [0.3, 0.4) is 0 Å². The number of benzene rings is 2. The predicted octanol–water partition coefficient (Wildman–Crippen LogP) is 4.05. The summed E-state index contributed by atoms with van der Waals surface area (Å²) in [6.07, 6.45) is 1.16. The van der Waals surface area contributed by atoms with E-state index in [0.717, 1.165) is 13.0 Å². The minimum absolute atomic E-state index is 0.478. The molecule has 0 fully saturated rings.